The molecular weight excluding hydrogens is 354 g/mol. The van der Waals surface area contributed by atoms with Crippen LogP contribution in [0.5, 0.6) is 0 Å². The van der Waals surface area contributed by atoms with Gasteiger partial charge in [0.05, 0.1) is 6.10 Å². The van der Waals surface area contributed by atoms with Gasteiger partial charge in [-0.15, -0.1) is 0 Å². The van der Waals surface area contributed by atoms with Gasteiger partial charge in [-0.05, 0) is 99.2 Å². The van der Waals surface area contributed by atoms with Gasteiger partial charge in [0.1, 0.15) is 0 Å². The zero-order valence-electron chi connectivity index (χ0n) is 19.7. The first-order valence-electron chi connectivity index (χ1n) is 13.0. The number of allylic oxidation sites excluding steroid dienone is 1. The predicted octanol–water partition coefficient (Wildman–Crippen LogP) is 6.88. The van der Waals surface area contributed by atoms with Gasteiger partial charge in [-0.2, -0.15) is 0 Å². The van der Waals surface area contributed by atoms with Crippen molar-refractivity contribution in [1.29, 1.82) is 0 Å². The standard InChI is InChI=1S/C27H47NO/c1-5-6-7-8-17-29-21-13-15-26(3)20(18-21)9-10-22-24-12-11-23(19(2)28)27(24,4)16-14-25(22)26/h9,19,21-25H,5-8,10-18,28H2,1-4H3/t19?,21?,22-,23+,24-,25-,26-,27+/m0/s1. The topological polar surface area (TPSA) is 35.2 Å². The monoisotopic (exact) mass is 401 g/mol. The van der Waals surface area contributed by atoms with Crippen molar-refractivity contribution in [3.63, 3.8) is 0 Å². The van der Waals surface area contributed by atoms with Crippen molar-refractivity contribution in [3.05, 3.63) is 11.6 Å². The molecule has 4 aliphatic carbocycles. The minimum Gasteiger partial charge on any atom is -0.378 e. The molecule has 0 aromatic carbocycles. The van der Waals surface area contributed by atoms with E-state index in [1.165, 1.54) is 77.0 Å². The molecular formula is C27H47NO. The maximum Gasteiger partial charge on any atom is 0.0612 e. The molecule has 0 aliphatic heterocycles. The number of ether oxygens (including phenoxy) is 1. The molecule has 0 aromatic heterocycles. The highest BCUT2D eigenvalue weighted by Crippen LogP contribution is 2.66. The van der Waals surface area contributed by atoms with E-state index in [-0.39, 0.29) is 0 Å². The average Bonchev–Trinajstić information content (AvgIpc) is 3.05. The van der Waals surface area contributed by atoms with E-state index in [1.807, 2.05) is 0 Å². The van der Waals surface area contributed by atoms with Crippen LogP contribution in [0.15, 0.2) is 11.6 Å². The predicted molar refractivity (Wildman–Crippen MR) is 123 cm³/mol. The minimum absolute atomic E-state index is 0.358. The Morgan fingerprint density at radius 1 is 1.07 bits per heavy atom. The molecule has 4 rings (SSSR count). The first-order valence-corrected chi connectivity index (χ1v) is 13.0. The van der Waals surface area contributed by atoms with Crippen LogP contribution in [-0.4, -0.2) is 18.8 Å². The summed E-state index contributed by atoms with van der Waals surface area (Å²) in [6.07, 6.45) is 19.2. The van der Waals surface area contributed by atoms with Crippen LogP contribution >= 0.6 is 0 Å². The van der Waals surface area contributed by atoms with Crippen molar-refractivity contribution in [1.82, 2.24) is 0 Å². The van der Waals surface area contributed by atoms with Crippen LogP contribution in [0.25, 0.3) is 0 Å². The molecule has 2 N–H and O–H groups in total. The Bertz CT molecular complexity index is 597. The second-order valence-electron chi connectivity index (χ2n) is 11.6. The third kappa shape index (κ3) is 3.86. The molecule has 0 aromatic rings. The molecule has 4 aliphatic rings. The summed E-state index contributed by atoms with van der Waals surface area (Å²) in [6.45, 7) is 10.7. The van der Waals surface area contributed by atoms with E-state index in [1.54, 1.807) is 5.57 Å². The van der Waals surface area contributed by atoms with E-state index >= 15 is 0 Å². The fourth-order valence-corrected chi connectivity index (χ4v) is 8.45. The maximum absolute atomic E-state index is 6.45. The lowest BCUT2D eigenvalue weighted by Gasteiger charge is -2.58. The van der Waals surface area contributed by atoms with Crippen LogP contribution in [0.1, 0.15) is 105 Å². The highest BCUT2D eigenvalue weighted by atomic mass is 16.5. The van der Waals surface area contributed by atoms with Gasteiger partial charge >= 0.3 is 0 Å². The summed E-state index contributed by atoms with van der Waals surface area (Å²) in [6, 6.07) is 0.358. The van der Waals surface area contributed by atoms with Crippen LogP contribution in [0.4, 0.5) is 0 Å². The largest absolute Gasteiger partial charge is 0.378 e. The molecule has 2 unspecified atom stereocenters. The lowest BCUT2D eigenvalue weighted by Crippen LogP contribution is -2.51. The molecule has 0 radical (unpaired) electrons. The van der Waals surface area contributed by atoms with Gasteiger partial charge in [0, 0.05) is 12.6 Å². The molecule has 29 heavy (non-hydrogen) atoms. The van der Waals surface area contributed by atoms with Crippen molar-refractivity contribution in [2.45, 2.75) is 117 Å². The van der Waals surface area contributed by atoms with Crippen molar-refractivity contribution in [2.75, 3.05) is 6.61 Å². The third-order valence-electron chi connectivity index (χ3n) is 10.1. The van der Waals surface area contributed by atoms with Gasteiger partial charge in [-0.25, -0.2) is 0 Å². The molecule has 3 fully saturated rings. The van der Waals surface area contributed by atoms with Gasteiger partial charge in [0.15, 0.2) is 0 Å². The normalized spacial score (nSPS) is 45.1. The van der Waals surface area contributed by atoms with Crippen molar-refractivity contribution >= 4 is 0 Å². The quantitative estimate of drug-likeness (QED) is 0.373. The molecule has 0 heterocycles. The Morgan fingerprint density at radius 2 is 1.90 bits per heavy atom. The van der Waals surface area contributed by atoms with E-state index in [0.717, 1.165) is 30.3 Å². The smallest absolute Gasteiger partial charge is 0.0612 e. The summed E-state index contributed by atoms with van der Waals surface area (Å²) in [5.41, 5.74) is 9.14. The molecule has 2 heteroatoms. The summed E-state index contributed by atoms with van der Waals surface area (Å²) in [5.74, 6) is 3.44. The fourth-order valence-electron chi connectivity index (χ4n) is 8.45. The van der Waals surface area contributed by atoms with Crippen LogP contribution in [0.3, 0.4) is 0 Å². The van der Waals surface area contributed by atoms with E-state index in [2.05, 4.69) is 33.8 Å². The Labute approximate surface area is 180 Å². The van der Waals surface area contributed by atoms with Crippen LogP contribution in [0, 0.1) is 34.5 Å². The Kier molecular flexibility index (Phi) is 6.53. The molecule has 0 saturated heterocycles. The van der Waals surface area contributed by atoms with E-state index < -0.39 is 0 Å². The maximum atomic E-state index is 6.45. The first-order chi connectivity index (χ1) is 13.9. The molecule has 0 bridgehead atoms. The summed E-state index contributed by atoms with van der Waals surface area (Å²) in [5, 5.41) is 0. The van der Waals surface area contributed by atoms with Gasteiger partial charge in [0.25, 0.3) is 0 Å². The number of fused-ring (bicyclic) bond motifs is 5. The third-order valence-corrected chi connectivity index (χ3v) is 10.1. The first kappa shape index (κ1) is 21.9. The lowest BCUT2D eigenvalue weighted by molar-refractivity contribution is -0.0598. The summed E-state index contributed by atoms with van der Waals surface area (Å²) in [7, 11) is 0. The van der Waals surface area contributed by atoms with Crippen molar-refractivity contribution in [2.24, 2.45) is 40.2 Å². The molecule has 8 atom stereocenters. The van der Waals surface area contributed by atoms with Crippen LogP contribution in [-0.2, 0) is 4.74 Å². The number of rotatable bonds is 7. The molecule has 0 amide bonds. The number of unbranched alkanes of at least 4 members (excludes halogenated alkanes) is 3. The molecule has 3 saturated carbocycles. The zero-order valence-corrected chi connectivity index (χ0v) is 19.7. The van der Waals surface area contributed by atoms with E-state index in [0.29, 0.717) is 23.0 Å². The highest BCUT2D eigenvalue weighted by molar-refractivity contribution is 5.25. The lowest BCUT2D eigenvalue weighted by atomic mass is 9.47. The summed E-state index contributed by atoms with van der Waals surface area (Å²) >= 11 is 0. The molecule has 0 spiro atoms. The second-order valence-corrected chi connectivity index (χ2v) is 11.6. The fraction of sp³-hybridized carbons (Fsp3) is 0.926. The van der Waals surface area contributed by atoms with Gasteiger partial charge in [-0.1, -0.05) is 51.7 Å². The van der Waals surface area contributed by atoms with E-state index in [4.69, 9.17) is 10.5 Å². The molecule has 166 valence electrons. The Balaban J connectivity index is 1.42. The SMILES string of the molecule is CCCCCCOC1CC[C@@]2(C)C(=CC[C@H]3[C@@H]4CC[C@H](C(C)N)[C@@]4(C)CC[C@@H]32)C1. The summed E-state index contributed by atoms with van der Waals surface area (Å²) < 4.78 is 6.33. The second kappa shape index (κ2) is 8.65. The Morgan fingerprint density at radius 3 is 2.66 bits per heavy atom. The van der Waals surface area contributed by atoms with Crippen molar-refractivity contribution in [3.8, 4) is 0 Å². The molecule has 2 nitrogen and oxygen atoms in total. The van der Waals surface area contributed by atoms with Gasteiger partial charge in [0.2, 0.25) is 0 Å². The minimum atomic E-state index is 0.358. The van der Waals surface area contributed by atoms with Crippen LogP contribution < -0.4 is 5.73 Å². The number of hydrogen-bond acceptors (Lipinski definition) is 2. The van der Waals surface area contributed by atoms with Crippen molar-refractivity contribution < 1.29 is 4.74 Å². The van der Waals surface area contributed by atoms with Crippen LogP contribution in [0.2, 0.25) is 0 Å². The van der Waals surface area contributed by atoms with Gasteiger partial charge < -0.3 is 10.5 Å². The average molecular weight is 402 g/mol. The highest BCUT2D eigenvalue weighted by Gasteiger charge is 2.58. The number of hydrogen-bond donors (Lipinski definition) is 1. The summed E-state index contributed by atoms with van der Waals surface area (Å²) in [4.78, 5) is 0. The number of nitrogens with two attached hydrogens (primary N) is 1. The Hall–Kier alpha value is -0.340. The van der Waals surface area contributed by atoms with Gasteiger partial charge in [-0.3, -0.25) is 0 Å². The zero-order chi connectivity index (χ0) is 20.6. The van der Waals surface area contributed by atoms with E-state index in [9.17, 15) is 0 Å².